The molecule has 29 heavy (non-hydrogen) atoms. The van der Waals surface area contributed by atoms with E-state index in [4.69, 9.17) is 19.3 Å². The molecule has 0 spiro atoms. The Balaban J connectivity index is 1.96. The number of rotatable bonds is 7. The maximum atomic E-state index is 12.6. The molecule has 2 atom stereocenters. The Kier molecular flexibility index (Phi) is 5.99. The standard InChI is InChI=1S/C20H24N2O6S/c1-26-17-7-5-14(29(21,24)25)8-13(17)9-15-16(11-22-20(15)23)12-4-6-18(27-2)19(10-12)28-3/h4-8,10,15-16H,9,11H2,1-3H3,(H,22,23)(H2,21,24,25). The molecule has 0 aromatic heterocycles. The third-order valence-electron chi connectivity index (χ3n) is 5.17. The summed E-state index contributed by atoms with van der Waals surface area (Å²) in [7, 11) is 0.747. The summed E-state index contributed by atoms with van der Waals surface area (Å²) in [5, 5.41) is 8.15. The second-order valence-electron chi connectivity index (χ2n) is 6.80. The van der Waals surface area contributed by atoms with E-state index in [0.29, 0.717) is 35.8 Å². The van der Waals surface area contributed by atoms with Crippen LogP contribution in [0.3, 0.4) is 0 Å². The SMILES string of the molecule is COc1ccc(S(N)(=O)=O)cc1CC1C(=O)NCC1c1ccc(OC)c(OC)c1. The lowest BCUT2D eigenvalue weighted by atomic mass is 9.84. The first-order valence-electron chi connectivity index (χ1n) is 8.97. The van der Waals surface area contributed by atoms with E-state index in [1.807, 2.05) is 12.1 Å². The van der Waals surface area contributed by atoms with Crippen LogP contribution in [-0.2, 0) is 21.2 Å². The first-order valence-corrected chi connectivity index (χ1v) is 10.5. The van der Waals surface area contributed by atoms with Crippen molar-refractivity contribution in [3.63, 3.8) is 0 Å². The van der Waals surface area contributed by atoms with Gasteiger partial charge in [-0.2, -0.15) is 0 Å². The molecule has 0 aliphatic carbocycles. The summed E-state index contributed by atoms with van der Waals surface area (Å²) in [4.78, 5) is 12.6. The lowest BCUT2D eigenvalue weighted by Crippen LogP contribution is -2.22. The highest BCUT2D eigenvalue weighted by molar-refractivity contribution is 7.89. The van der Waals surface area contributed by atoms with E-state index < -0.39 is 15.9 Å². The summed E-state index contributed by atoms with van der Waals surface area (Å²) >= 11 is 0. The Morgan fingerprint density at radius 2 is 1.66 bits per heavy atom. The molecule has 0 bridgehead atoms. The molecule has 1 aliphatic rings. The summed E-state index contributed by atoms with van der Waals surface area (Å²) in [5.74, 6) is 1.06. The van der Waals surface area contributed by atoms with Gasteiger partial charge in [0, 0.05) is 12.5 Å². The number of primary sulfonamides is 1. The Hall–Kier alpha value is -2.78. The van der Waals surface area contributed by atoms with Gasteiger partial charge in [-0.3, -0.25) is 4.79 Å². The maximum absolute atomic E-state index is 12.6. The van der Waals surface area contributed by atoms with Gasteiger partial charge in [-0.05, 0) is 47.9 Å². The number of sulfonamides is 1. The fourth-order valence-electron chi connectivity index (χ4n) is 3.66. The molecule has 1 fully saturated rings. The minimum absolute atomic E-state index is 0.0191. The number of nitrogens with one attached hydrogen (secondary N) is 1. The molecule has 156 valence electrons. The van der Waals surface area contributed by atoms with Gasteiger partial charge in [0.2, 0.25) is 15.9 Å². The van der Waals surface area contributed by atoms with Crippen LogP contribution in [0.5, 0.6) is 17.2 Å². The number of hydrogen-bond donors (Lipinski definition) is 2. The zero-order chi connectivity index (χ0) is 21.2. The molecular weight excluding hydrogens is 396 g/mol. The van der Waals surface area contributed by atoms with Gasteiger partial charge in [-0.15, -0.1) is 0 Å². The maximum Gasteiger partial charge on any atom is 0.238 e. The average Bonchev–Trinajstić information content (AvgIpc) is 3.07. The van der Waals surface area contributed by atoms with E-state index in [2.05, 4.69) is 5.32 Å². The smallest absolute Gasteiger partial charge is 0.238 e. The van der Waals surface area contributed by atoms with Gasteiger partial charge >= 0.3 is 0 Å². The number of amides is 1. The zero-order valence-corrected chi connectivity index (χ0v) is 17.3. The Morgan fingerprint density at radius 1 is 1.00 bits per heavy atom. The first kappa shape index (κ1) is 20.9. The number of benzene rings is 2. The van der Waals surface area contributed by atoms with Crippen molar-refractivity contribution >= 4 is 15.9 Å². The summed E-state index contributed by atoms with van der Waals surface area (Å²) in [6.07, 6.45) is 0.303. The predicted octanol–water partition coefficient (Wildman–Crippen LogP) is 1.43. The van der Waals surface area contributed by atoms with Crippen LogP contribution in [0.2, 0.25) is 0 Å². The van der Waals surface area contributed by atoms with Gasteiger partial charge < -0.3 is 19.5 Å². The molecule has 2 unspecified atom stereocenters. The van der Waals surface area contributed by atoms with E-state index in [1.165, 1.54) is 19.2 Å². The third kappa shape index (κ3) is 4.30. The topological polar surface area (TPSA) is 117 Å². The zero-order valence-electron chi connectivity index (χ0n) is 16.5. The largest absolute Gasteiger partial charge is 0.496 e. The van der Waals surface area contributed by atoms with Crippen LogP contribution >= 0.6 is 0 Å². The van der Waals surface area contributed by atoms with Crippen molar-refractivity contribution in [3.8, 4) is 17.2 Å². The predicted molar refractivity (Wildman–Crippen MR) is 107 cm³/mol. The summed E-state index contributed by atoms with van der Waals surface area (Å²) in [5.41, 5.74) is 1.53. The van der Waals surface area contributed by atoms with E-state index in [1.54, 1.807) is 26.4 Å². The van der Waals surface area contributed by atoms with Crippen LogP contribution in [0.15, 0.2) is 41.3 Å². The molecule has 1 heterocycles. The lowest BCUT2D eigenvalue weighted by Gasteiger charge is -2.20. The number of nitrogens with two attached hydrogens (primary N) is 1. The molecule has 0 radical (unpaired) electrons. The number of methoxy groups -OCH3 is 3. The second kappa shape index (κ2) is 8.30. The van der Waals surface area contributed by atoms with Crippen molar-refractivity contribution in [2.24, 2.45) is 11.1 Å². The average molecular weight is 420 g/mol. The normalized spacial score (nSPS) is 19.0. The monoisotopic (exact) mass is 420 g/mol. The fourth-order valence-corrected chi connectivity index (χ4v) is 4.23. The first-order chi connectivity index (χ1) is 13.8. The molecule has 0 saturated carbocycles. The number of carbonyl (C=O) groups is 1. The van der Waals surface area contributed by atoms with Crippen molar-refractivity contribution in [2.45, 2.75) is 17.2 Å². The highest BCUT2D eigenvalue weighted by Crippen LogP contribution is 2.38. The Bertz CT molecular complexity index is 1020. The number of hydrogen-bond acceptors (Lipinski definition) is 6. The second-order valence-corrected chi connectivity index (χ2v) is 8.36. The minimum atomic E-state index is -3.87. The van der Waals surface area contributed by atoms with Gasteiger partial charge in [-0.1, -0.05) is 6.07 Å². The van der Waals surface area contributed by atoms with Crippen LogP contribution in [0.4, 0.5) is 0 Å². The van der Waals surface area contributed by atoms with Gasteiger partial charge in [-0.25, -0.2) is 13.6 Å². The van der Waals surface area contributed by atoms with Crippen molar-refractivity contribution in [1.29, 1.82) is 0 Å². The molecule has 1 amide bonds. The molecule has 8 nitrogen and oxygen atoms in total. The lowest BCUT2D eigenvalue weighted by molar-refractivity contribution is -0.122. The molecule has 9 heteroatoms. The van der Waals surface area contributed by atoms with Crippen molar-refractivity contribution in [3.05, 3.63) is 47.5 Å². The molecule has 1 aliphatic heterocycles. The molecule has 3 rings (SSSR count). The highest BCUT2D eigenvalue weighted by atomic mass is 32.2. The van der Waals surface area contributed by atoms with Crippen LogP contribution in [0.1, 0.15) is 17.0 Å². The fraction of sp³-hybridized carbons (Fsp3) is 0.350. The van der Waals surface area contributed by atoms with Crippen LogP contribution in [-0.4, -0.2) is 42.2 Å². The van der Waals surface area contributed by atoms with Crippen LogP contribution in [0, 0.1) is 5.92 Å². The number of carbonyl (C=O) groups excluding carboxylic acids is 1. The van der Waals surface area contributed by atoms with Gasteiger partial charge in [0.25, 0.3) is 0 Å². The summed E-state index contributed by atoms with van der Waals surface area (Å²) in [6, 6.07) is 9.96. The van der Waals surface area contributed by atoms with E-state index in [0.717, 1.165) is 5.56 Å². The van der Waals surface area contributed by atoms with Crippen LogP contribution in [0.25, 0.3) is 0 Å². The molecule has 3 N–H and O–H groups in total. The van der Waals surface area contributed by atoms with Crippen molar-refractivity contribution < 1.29 is 27.4 Å². The molecule has 2 aromatic carbocycles. The van der Waals surface area contributed by atoms with Crippen LogP contribution < -0.4 is 24.7 Å². The van der Waals surface area contributed by atoms with Crippen molar-refractivity contribution in [2.75, 3.05) is 27.9 Å². The Morgan fingerprint density at radius 3 is 2.28 bits per heavy atom. The van der Waals surface area contributed by atoms with E-state index in [9.17, 15) is 13.2 Å². The quantitative estimate of drug-likeness (QED) is 0.700. The van der Waals surface area contributed by atoms with E-state index in [-0.39, 0.29) is 16.7 Å². The Labute approximate surface area is 170 Å². The number of ether oxygens (including phenoxy) is 3. The van der Waals surface area contributed by atoms with Gasteiger partial charge in [0.1, 0.15) is 5.75 Å². The van der Waals surface area contributed by atoms with Gasteiger partial charge in [0.05, 0.1) is 32.1 Å². The van der Waals surface area contributed by atoms with Gasteiger partial charge in [0.15, 0.2) is 11.5 Å². The summed E-state index contributed by atoms with van der Waals surface area (Å²) in [6.45, 7) is 0.468. The molecular formula is C20H24N2O6S. The third-order valence-corrected chi connectivity index (χ3v) is 6.09. The highest BCUT2D eigenvalue weighted by Gasteiger charge is 2.36. The minimum Gasteiger partial charge on any atom is -0.496 e. The van der Waals surface area contributed by atoms with E-state index >= 15 is 0 Å². The molecule has 1 saturated heterocycles. The van der Waals surface area contributed by atoms with Crippen molar-refractivity contribution in [1.82, 2.24) is 5.32 Å². The summed E-state index contributed by atoms with van der Waals surface area (Å²) < 4.78 is 39.5. The molecule has 2 aromatic rings.